The molecule has 2 aromatic rings. The quantitative estimate of drug-likeness (QED) is 0.818. The van der Waals surface area contributed by atoms with E-state index in [0.29, 0.717) is 30.2 Å². The lowest BCUT2D eigenvalue weighted by molar-refractivity contribution is -0.121. The summed E-state index contributed by atoms with van der Waals surface area (Å²) in [4.78, 5) is 31.1. The molecule has 1 atom stereocenters. The van der Waals surface area contributed by atoms with Crippen molar-refractivity contribution in [2.45, 2.75) is 17.7 Å². The van der Waals surface area contributed by atoms with Gasteiger partial charge in [0.2, 0.25) is 5.91 Å². The minimum Gasteiger partial charge on any atom is -0.338 e. The number of aromatic nitrogens is 1. The van der Waals surface area contributed by atoms with E-state index in [1.165, 1.54) is 23.2 Å². The summed E-state index contributed by atoms with van der Waals surface area (Å²) in [6.07, 6.45) is 3.80. The molecule has 9 heteroatoms. The number of pyridine rings is 1. The van der Waals surface area contributed by atoms with E-state index in [1.807, 2.05) is 0 Å². The largest absolute Gasteiger partial charge is 0.338 e. The van der Waals surface area contributed by atoms with Crippen LogP contribution in [-0.4, -0.2) is 49.5 Å². The van der Waals surface area contributed by atoms with Gasteiger partial charge in [0.05, 0.1) is 21.4 Å². The number of halogens is 1. The van der Waals surface area contributed by atoms with Crippen LogP contribution in [-0.2, 0) is 14.6 Å². The monoisotopic (exact) mass is 421 g/mol. The summed E-state index contributed by atoms with van der Waals surface area (Å²) in [5.74, 6) is -0.632. The zero-order chi connectivity index (χ0) is 20.3. The number of hydrogen-bond acceptors (Lipinski definition) is 5. The average Bonchev–Trinajstić information content (AvgIpc) is 2.68. The molecule has 0 bridgehead atoms. The number of benzene rings is 1. The molecule has 1 fully saturated rings. The molecule has 28 heavy (non-hydrogen) atoms. The van der Waals surface area contributed by atoms with Gasteiger partial charge in [0.25, 0.3) is 5.91 Å². The summed E-state index contributed by atoms with van der Waals surface area (Å²) in [7, 11) is -3.54. The summed E-state index contributed by atoms with van der Waals surface area (Å²) in [5, 5.41) is 3.20. The van der Waals surface area contributed by atoms with E-state index in [-0.39, 0.29) is 28.8 Å². The van der Waals surface area contributed by atoms with Gasteiger partial charge in [-0.05, 0) is 37.1 Å². The fourth-order valence-corrected chi connectivity index (χ4v) is 4.18. The molecular weight excluding hydrogens is 402 g/mol. The molecule has 0 radical (unpaired) electrons. The molecule has 1 aliphatic heterocycles. The fourth-order valence-electron chi connectivity index (χ4n) is 3.19. The van der Waals surface area contributed by atoms with Crippen LogP contribution in [0, 0.1) is 5.92 Å². The maximum atomic E-state index is 12.9. The Labute approximate surface area is 168 Å². The third-order valence-corrected chi connectivity index (χ3v) is 5.95. The van der Waals surface area contributed by atoms with Crippen molar-refractivity contribution in [1.29, 1.82) is 0 Å². The standard InChI is InChI=1S/C19H20ClN3O4S/c1-28(26,27)16-7-3-2-6-15(16)19(25)23-10-4-5-13(12-23)18(24)22-17-9-8-14(20)11-21-17/h2-3,6-9,11,13H,4-5,10,12H2,1H3,(H,21,22,24). The highest BCUT2D eigenvalue weighted by Crippen LogP contribution is 2.23. The van der Waals surface area contributed by atoms with Gasteiger partial charge in [0, 0.05) is 25.5 Å². The van der Waals surface area contributed by atoms with Gasteiger partial charge in [-0.3, -0.25) is 9.59 Å². The third-order valence-electron chi connectivity index (χ3n) is 4.57. The van der Waals surface area contributed by atoms with Crippen molar-refractivity contribution in [3.8, 4) is 0 Å². The average molecular weight is 422 g/mol. The van der Waals surface area contributed by atoms with Gasteiger partial charge in [-0.25, -0.2) is 13.4 Å². The minimum atomic E-state index is -3.54. The number of amides is 2. The molecule has 148 valence electrons. The van der Waals surface area contributed by atoms with Crippen LogP contribution in [0.3, 0.4) is 0 Å². The summed E-state index contributed by atoms with van der Waals surface area (Å²) in [5.41, 5.74) is 0.130. The van der Waals surface area contributed by atoms with Gasteiger partial charge in [0.15, 0.2) is 9.84 Å². The van der Waals surface area contributed by atoms with Crippen LogP contribution in [0.4, 0.5) is 5.82 Å². The first-order valence-electron chi connectivity index (χ1n) is 8.76. The lowest BCUT2D eigenvalue weighted by Gasteiger charge is -2.32. The molecule has 1 unspecified atom stereocenters. The van der Waals surface area contributed by atoms with Crippen LogP contribution >= 0.6 is 11.6 Å². The SMILES string of the molecule is CS(=O)(=O)c1ccccc1C(=O)N1CCCC(C(=O)Nc2ccc(Cl)cn2)C1. The Morgan fingerprint density at radius 3 is 2.64 bits per heavy atom. The van der Waals surface area contributed by atoms with E-state index < -0.39 is 15.8 Å². The number of anilines is 1. The van der Waals surface area contributed by atoms with Crippen molar-refractivity contribution in [3.63, 3.8) is 0 Å². The van der Waals surface area contributed by atoms with Gasteiger partial charge in [-0.2, -0.15) is 0 Å². The Morgan fingerprint density at radius 1 is 1.21 bits per heavy atom. The number of nitrogens with zero attached hydrogens (tertiary/aromatic N) is 2. The number of piperidine rings is 1. The Morgan fingerprint density at radius 2 is 1.96 bits per heavy atom. The van der Waals surface area contributed by atoms with Crippen molar-refractivity contribution < 1.29 is 18.0 Å². The molecule has 0 saturated carbocycles. The van der Waals surface area contributed by atoms with Gasteiger partial charge >= 0.3 is 0 Å². The number of carbonyl (C=O) groups is 2. The van der Waals surface area contributed by atoms with Gasteiger partial charge < -0.3 is 10.2 Å². The van der Waals surface area contributed by atoms with Crippen LogP contribution in [0.25, 0.3) is 0 Å². The van der Waals surface area contributed by atoms with E-state index in [4.69, 9.17) is 11.6 Å². The zero-order valence-corrected chi connectivity index (χ0v) is 16.8. The highest BCUT2D eigenvalue weighted by atomic mass is 35.5. The Kier molecular flexibility index (Phi) is 6.00. The summed E-state index contributed by atoms with van der Waals surface area (Å²) < 4.78 is 24.0. The lowest BCUT2D eigenvalue weighted by Crippen LogP contribution is -2.44. The van der Waals surface area contributed by atoms with E-state index in [0.717, 1.165) is 6.26 Å². The second-order valence-corrected chi connectivity index (χ2v) is 9.13. The maximum Gasteiger partial charge on any atom is 0.255 e. The van der Waals surface area contributed by atoms with Gasteiger partial charge in [-0.15, -0.1) is 0 Å². The number of nitrogens with one attached hydrogen (secondary N) is 1. The van der Waals surface area contributed by atoms with Crippen LogP contribution in [0.1, 0.15) is 23.2 Å². The number of likely N-dealkylation sites (tertiary alicyclic amines) is 1. The molecule has 2 amide bonds. The molecule has 0 aliphatic carbocycles. The Bertz CT molecular complexity index is 992. The second kappa shape index (κ2) is 8.28. The third kappa shape index (κ3) is 4.69. The summed E-state index contributed by atoms with van der Waals surface area (Å²) in [6, 6.07) is 9.36. The van der Waals surface area contributed by atoms with Crippen molar-refractivity contribution >= 4 is 39.1 Å². The smallest absolute Gasteiger partial charge is 0.255 e. The topological polar surface area (TPSA) is 96.4 Å². The predicted molar refractivity (Wildman–Crippen MR) is 106 cm³/mol. The van der Waals surface area contributed by atoms with E-state index in [9.17, 15) is 18.0 Å². The first kappa shape index (κ1) is 20.3. The minimum absolute atomic E-state index is 0.00283. The van der Waals surface area contributed by atoms with Crippen molar-refractivity contribution in [2.24, 2.45) is 5.92 Å². The van der Waals surface area contributed by atoms with Crippen LogP contribution in [0.2, 0.25) is 5.02 Å². The molecule has 1 N–H and O–H groups in total. The molecule has 3 rings (SSSR count). The van der Waals surface area contributed by atoms with E-state index in [1.54, 1.807) is 24.3 Å². The van der Waals surface area contributed by atoms with Gasteiger partial charge in [-0.1, -0.05) is 23.7 Å². The number of rotatable bonds is 4. The molecule has 2 heterocycles. The Balaban J connectivity index is 1.74. The number of carbonyl (C=O) groups excluding carboxylic acids is 2. The molecule has 0 spiro atoms. The number of sulfone groups is 1. The highest BCUT2D eigenvalue weighted by Gasteiger charge is 2.31. The normalized spacial score (nSPS) is 17.2. The summed E-state index contributed by atoms with van der Waals surface area (Å²) >= 11 is 5.79. The molecule has 1 aromatic heterocycles. The van der Waals surface area contributed by atoms with Crippen molar-refractivity contribution in [3.05, 3.63) is 53.2 Å². The molecule has 1 aromatic carbocycles. The maximum absolute atomic E-state index is 12.9. The van der Waals surface area contributed by atoms with Crippen molar-refractivity contribution in [1.82, 2.24) is 9.88 Å². The van der Waals surface area contributed by atoms with E-state index >= 15 is 0 Å². The fraction of sp³-hybridized carbons (Fsp3) is 0.316. The lowest BCUT2D eigenvalue weighted by atomic mass is 9.96. The molecule has 1 aliphatic rings. The second-order valence-electron chi connectivity index (χ2n) is 6.71. The zero-order valence-electron chi connectivity index (χ0n) is 15.3. The molecule has 1 saturated heterocycles. The first-order chi connectivity index (χ1) is 13.3. The van der Waals surface area contributed by atoms with Gasteiger partial charge in [0.1, 0.15) is 5.82 Å². The first-order valence-corrected chi connectivity index (χ1v) is 11.0. The number of hydrogen-bond donors (Lipinski definition) is 1. The molecular formula is C19H20ClN3O4S. The van der Waals surface area contributed by atoms with Crippen molar-refractivity contribution in [2.75, 3.05) is 24.7 Å². The summed E-state index contributed by atoms with van der Waals surface area (Å²) in [6.45, 7) is 0.691. The highest BCUT2D eigenvalue weighted by molar-refractivity contribution is 7.90. The van der Waals surface area contributed by atoms with E-state index in [2.05, 4.69) is 10.3 Å². The van der Waals surface area contributed by atoms with Crippen LogP contribution < -0.4 is 5.32 Å². The Hall–Kier alpha value is -2.45. The van der Waals surface area contributed by atoms with Crippen LogP contribution in [0.15, 0.2) is 47.5 Å². The van der Waals surface area contributed by atoms with Crippen LogP contribution in [0.5, 0.6) is 0 Å². The predicted octanol–water partition coefficient (Wildman–Crippen LogP) is 2.63. The molecule has 7 nitrogen and oxygen atoms in total.